The molecule has 3 rings (SSSR count). The van der Waals surface area contributed by atoms with E-state index in [1.54, 1.807) is 50.2 Å². The Balaban J connectivity index is 1.81. The molecule has 10 heteroatoms. The number of hydrogen-bond acceptors (Lipinski definition) is 6. The van der Waals surface area contributed by atoms with Gasteiger partial charge in [-0.25, -0.2) is 22.8 Å². The molecule has 162 valence electrons. The number of aromatic nitrogens is 2. The second-order valence-electron chi connectivity index (χ2n) is 6.88. The van der Waals surface area contributed by atoms with E-state index in [1.165, 1.54) is 12.1 Å². The Morgan fingerprint density at radius 1 is 1.00 bits per heavy atom. The molecule has 0 unspecified atom stereocenters. The second-order valence-corrected chi connectivity index (χ2v) is 8.56. The summed E-state index contributed by atoms with van der Waals surface area (Å²) in [5.41, 5.74) is 7.15. The first-order valence-electron chi connectivity index (χ1n) is 9.43. The number of hydrazine groups is 1. The van der Waals surface area contributed by atoms with E-state index in [0.29, 0.717) is 11.4 Å². The van der Waals surface area contributed by atoms with E-state index in [4.69, 9.17) is 0 Å². The summed E-state index contributed by atoms with van der Waals surface area (Å²) >= 11 is 0. The number of hydrogen-bond donors (Lipinski definition) is 3. The van der Waals surface area contributed by atoms with Gasteiger partial charge in [-0.1, -0.05) is 42.5 Å². The van der Waals surface area contributed by atoms with Gasteiger partial charge in [0, 0.05) is 11.4 Å². The zero-order valence-electron chi connectivity index (χ0n) is 17.0. The highest BCUT2D eigenvalue weighted by atomic mass is 32.2. The van der Waals surface area contributed by atoms with Crippen LogP contribution >= 0.6 is 0 Å². The fourth-order valence-electron chi connectivity index (χ4n) is 2.94. The summed E-state index contributed by atoms with van der Waals surface area (Å²) in [6, 6.07) is 14.4. The van der Waals surface area contributed by atoms with Crippen LogP contribution in [0.2, 0.25) is 0 Å². The predicted octanol–water partition coefficient (Wildman–Crippen LogP) is 2.27. The van der Waals surface area contributed by atoms with Gasteiger partial charge in [-0.2, -0.15) is 4.72 Å². The largest absolute Gasteiger partial charge is 0.271 e. The summed E-state index contributed by atoms with van der Waals surface area (Å²) in [6.07, 6.45) is 0.0513. The minimum absolute atomic E-state index is 0.0513. The van der Waals surface area contributed by atoms with Crippen LogP contribution < -0.4 is 15.6 Å². The molecule has 1 amide bonds. The molecule has 0 fully saturated rings. The van der Waals surface area contributed by atoms with Crippen molar-refractivity contribution in [2.75, 3.05) is 5.43 Å². The van der Waals surface area contributed by atoms with Gasteiger partial charge in [-0.3, -0.25) is 15.6 Å². The quantitative estimate of drug-likeness (QED) is 0.461. The summed E-state index contributed by atoms with van der Waals surface area (Å²) in [6.45, 7) is 3.56. The molecule has 0 radical (unpaired) electrons. The number of nitrogens with zero attached hydrogens (tertiary/aromatic N) is 2. The smallest absolute Gasteiger partial charge is 0.256 e. The maximum atomic E-state index is 14.1. The van der Waals surface area contributed by atoms with Gasteiger partial charge in [-0.05, 0) is 44.0 Å². The molecule has 0 saturated carbocycles. The minimum atomic E-state index is -4.30. The fourth-order valence-corrected chi connectivity index (χ4v) is 4.21. The molecule has 1 heterocycles. The van der Waals surface area contributed by atoms with Crippen LogP contribution in [-0.4, -0.2) is 30.3 Å². The van der Waals surface area contributed by atoms with Crippen LogP contribution in [0.3, 0.4) is 0 Å². The van der Waals surface area contributed by atoms with Crippen LogP contribution in [0.1, 0.15) is 17.0 Å². The minimum Gasteiger partial charge on any atom is -0.271 e. The number of benzene rings is 2. The Morgan fingerprint density at radius 2 is 1.61 bits per heavy atom. The van der Waals surface area contributed by atoms with E-state index in [1.807, 2.05) is 0 Å². The normalized spacial score (nSPS) is 12.2. The second kappa shape index (κ2) is 9.63. The van der Waals surface area contributed by atoms with Crippen LogP contribution in [0.4, 0.5) is 10.3 Å². The molecule has 1 aromatic heterocycles. The highest BCUT2D eigenvalue weighted by Crippen LogP contribution is 2.15. The zero-order valence-corrected chi connectivity index (χ0v) is 17.8. The van der Waals surface area contributed by atoms with Crippen molar-refractivity contribution >= 4 is 21.9 Å². The summed E-state index contributed by atoms with van der Waals surface area (Å²) in [5.74, 6) is -1.41. The van der Waals surface area contributed by atoms with Gasteiger partial charge in [0.1, 0.15) is 16.8 Å². The highest BCUT2D eigenvalue weighted by Gasteiger charge is 2.28. The molecule has 0 spiro atoms. The third-order valence-electron chi connectivity index (χ3n) is 4.30. The maximum Gasteiger partial charge on any atom is 0.256 e. The number of amides is 1. The lowest BCUT2D eigenvalue weighted by Gasteiger charge is -2.19. The molecule has 1 atom stereocenters. The monoisotopic (exact) mass is 443 g/mol. The molecule has 3 aromatic rings. The molecule has 8 nitrogen and oxygen atoms in total. The number of aryl methyl sites for hydroxylation is 2. The average Bonchev–Trinajstić information content (AvgIpc) is 2.71. The number of sulfonamides is 1. The van der Waals surface area contributed by atoms with Gasteiger partial charge in [0.2, 0.25) is 16.0 Å². The lowest BCUT2D eigenvalue weighted by molar-refractivity contribution is -0.122. The Kier molecular flexibility index (Phi) is 6.93. The van der Waals surface area contributed by atoms with Crippen molar-refractivity contribution in [2.45, 2.75) is 31.2 Å². The Labute approximate surface area is 180 Å². The van der Waals surface area contributed by atoms with Gasteiger partial charge >= 0.3 is 0 Å². The summed E-state index contributed by atoms with van der Waals surface area (Å²) in [7, 11) is -4.30. The van der Waals surface area contributed by atoms with Crippen molar-refractivity contribution in [1.82, 2.24) is 20.1 Å². The molecule has 0 bridgehead atoms. The molecule has 0 aliphatic heterocycles. The number of anilines is 1. The number of rotatable bonds is 8. The van der Waals surface area contributed by atoms with Crippen molar-refractivity contribution in [1.29, 1.82) is 0 Å². The van der Waals surface area contributed by atoms with E-state index in [0.717, 1.165) is 17.7 Å². The lowest BCUT2D eigenvalue weighted by Crippen LogP contribution is -2.49. The van der Waals surface area contributed by atoms with Crippen LogP contribution in [0.5, 0.6) is 0 Å². The summed E-state index contributed by atoms with van der Waals surface area (Å²) in [4.78, 5) is 20.6. The van der Waals surface area contributed by atoms with E-state index >= 15 is 0 Å². The van der Waals surface area contributed by atoms with E-state index < -0.39 is 32.7 Å². The zero-order chi connectivity index (χ0) is 22.4. The Bertz CT molecular complexity index is 1150. The van der Waals surface area contributed by atoms with Gasteiger partial charge in [0.05, 0.1) is 0 Å². The molecule has 0 aliphatic rings. The SMILES string of the molecule is Cc1cc(C)nc(NNC(=O)[C@H](Cc2ccccc2)NS(=O)(=O)c2ccccc2F)n1. The van der Waals surface area contributed by atoms with Gasteiger partial charge < -0.3 is 0 Å². The Hall–Kier alpha value is -3.37. The van der Waals surface area contributed by atoms with Crippen molar-refractivity contribution < 1.29 is 17.6 Å². The molecule has 0 aliphatic carbocycles. The number of carbonyl (C=O) groups is 1. The first-order valence-corrected chi connectivity index (χ1v) is 10.9. The number of nitrogens with one attached hydrogen (secondary N) is 3. The number of halogens is 1. The first-order chi connectivity index (χ1) is 14.7. The van der Waals surface area contributed by atoms with Crippen molar-refractivity contribution in [3.8, 4) is 0 Å². The average molecular weight is 444 g/mol. The van der Waals surface area contributed by atoms with Crippen LogP contribution in [0.15, 0.2) is 65.6 Å². The third-order valence-corrected chi connectivity index (χ3v) is 5.81. The van der Waals surface area contributed by atoms with E-state index in [-0.39, 0.29) is 12.4 Å². The summed E-state index contributed by atoms with van der Waals surface area (Å²) < 4.78 is 41.8. The highest BCUT2D eigenvalue weighted by molar-refractivity contribution is 7.89. The molecule has 31 heavy (non-hydrogen) atoms. The van der Waals surface area contributed by atoms with Crippen molar-refractivity contribution in [3.05, 3.63) is 83.4 Å². The molecular weight excluding hydrogens is 421 g/mol. The molecule has 3 N–H and O–H groups in total. The van der Waals surface area contributed by atoms with Crippen molar-refractivity contribution in [3.63, 3.8) is 0 Å². The molecular formula is C21H22FN5O3S. The van der Waals surface area contributed by atoms with Gasteiger partial charge in [0.25, 0.3) is 5.91 Å². The van der Waals surface area contributed by atoms with Crippen LogP contribution in [0, 0.1) is 19.7 Å². The standard InChI is InChI=1S/C21H22FN5O3S/c1-14-12-15(2)24-21(23-14)26-25-20(28)18(13-16-8-4-3-5-9-16)27-31(29,30)19-11-7-6-10-17(19)22/h3-12,18,27H,13H2,1-2H3,(H,25,28)(H,23,24,26)/t18-/m0/s1. The van der Waals surface area contributed by atoms with Gasteiger partial charge in [-0.15, -0.1) is 0 Å². The van der Waals surface area contributed by atoms with Crippen molar-refractivity contribution in [2.24, 2.45) is 0 Å². The number of carbonyl (C=O) groups excluding carboxylic acids is 1. The lowest BCUT2D eigenvalue weighted by atomic mass is 10.1. The topological polar surface area (TPSA) is 113 Å². The maximum absolute atomic E-state index is 14.1. The van der Waals surface area contributed by atoms with E-state index in [2.05, 4.69) is 25.5 Å². The van der Waals surface area contributed by atoms with Gasteiger partial charge in [0.15, 0.2) is 0 Å². The predicted molar refractivity (Wildman–Crippen MR) is 114 cm³/mol. The Morgan fingerprint density at radius 3 is 2.26 bits per heavy atom. The molecule has 0 saturated heterocycles. The van der Waals surface area contributed by atoms with E-state index in [9.17, 15) is 17.6 Å². The summed E-state index contributed by atoms with van der Waals surface area (Å²) in [5, 5.41) is 0. The van der Waals surface area contributed by atoms with Crippen LogP contribution in [0.25, 0.3) is 0 Å². The fraction of sp³-hybridized carbons (Fsp3) is 0.190. The first kappa shape index (κ1) is 22.3. The third kappa shape index (κ3) is 6.06. The molecule has 2 aromatic carbocycles. The van der Waals surface area contributed by atoms with Crippen LogP contribution in [-0.2, 0) is 21.2 Å².